The van der Waals surface area contributed by atoms with E-state index >= 15 is 0 Å². The first kappa shape index (κ1) is 19.2. The molecule has 1 N–H and O–H groups in total. The number of aromatic nitrogens is 2. The molecule has 1 aromatic heterocycles. The van der Waals surface area contributed by atoms with Gasteiger partial charge in [0.15, 0.2) is 6.29 Å². The molecule has 0 saturated carbocycles. The van der Waals surface area contributed by atoms with Crippen LogP contribution in [0.15, 0.2) is 28.7 Å². The van der Waals surface area contributed by atoms with Gasteiger partial charge >= 0.3 is 0 Å². The van der Waals surface area contributed by atoms with E-state index in [2.05, 4.69) is 38.1 Å². The molecular weight excluding hydrogens is 402 g/mol. The Balaban J connectivity index is 1.63. The number of hydrogen-bond donors (Lipinski definition) is 1. The molecule has 2 heterocycles. The van der Waals surface area contributed by atoms with Gasteiger partial charge in [-0.25, -0.2) is 0 Å². The zero-order valence-corrected chi connectivity index (χ0v) is 16.6. The summed E-state index contributed by atoms with van der Waals surface area (Å²) >= 11 is 3.49. The third-order valence-corrected chi connectivity index (χ3v) is 5.11. The van der Waals surface area contributed by atoms with Crippen molar-refractivity contribution in [3.8, 4) is 5.75 Å². The Kier molecular flexibility index (Phi) is 6.53. The minimum Gasteiger partial charge on any atom is -0.487 e. The molecule has 0 radical (unpaired) electrons. The number of rotatable bonds is 7. The van der Waals surface area contributed by atoms with Crippen molar-refractivity contribution in [1.29, 1.82) is 0 Å². The highest BCUT2D eigenvalue weighted by molar-refractivity contribution is 9.10. The van der Waals surface area contributed by atoms with E-state index in [1.807, 2.05) is 19.1 Å². The van der Waals surface area contributed by atoms with Crippen molar-refractivity contribution in [3.05, 3.63) is 40.1 Å². The van der Waals surface area contributed by atoms with Crippen molar-refractivity contribution < 1.29 is 19.3 Å². The van der Waals surface area contributed by atoms with Crippen molar-refractivity contribution in [2.45, 2.75) is 19.8 Å². The Hall–Kier alpha value is -1.61. The second kappa shape index (κ2) is 8.85. The van der Waals surface area contributed by atoms with Gasteiger partial charge in [-0.1, -0.05) is 0 Å². The van der Waals surface area contributed by atoms with Crippen molar-refractivity contribution in [2.24, 2.45) is 7.05 Å². The molecule has 7 nitrogen and oxygen atoms in total. The van der Waals surface area contributed by atoms with Gasteiger partial charge in [-0.3, -0.25) is 4.68 Å². The molecule has 3 rings (SSSR count). The number of halogens is 1. The van der Waals surface area contributed by atoms with E-state index in [4.69, 9.17) is 14.2 Å². The highest BCUT2D eigenvalue weighted by atomic mass is 79.9. The first-order chi connectivity index (χ1) is 12.6. The Labute approximate surface area is 161 Å². The summed E-state index contributed by atoms with van der Waals surface area (Å²) in [5.74, 6) is 0.770. The third kappa shape index (κ3) is 4.37. The van der Waals surface area contributed by atoms with Gasteiger partial charge < -0.3 is 24.2 Å². The molecule has 0 aliphatic carbocycles. The summed E-state index contributed by atoms with van der Waals surface area (Å²) in [7, 11) is 1.77. The molecule has 8 heteroatoms. The topological polar surface area (TPSA) is 69.0 Å². The van der Waals surface area contributed by atoms with Gasteiger partial charge in [-0.2, -0.15) is 5.10 Å². The van der Waals surface area contributed by atoms with E-state index in [1.165, 1.54) is 5.69 Å². The smallest absolute Gasteiger partial charge is 0.199 e. The van der Waals surface area contributed by atoms with Gasteiger partial charge in [0, 0.05) is 32.4 Å². The number of hydrogen-bond acceptors (Lipinski definition) is 6. The van der Waals surface area contributed by atoms with Crippen molar-refractivity contribution in [2.75, 3.05) is 37.8 Å². The van der Waals surface area contributed by atoms with E-state index in [-0.39, 0.29) is 0 Å². The maximum Gasteiger partial charge on any atom is 0.199 e. The van der Waals surface area contributed by atoms with Gasteiger partial charge in [0.2, 0.25) is 0 Å². The number of benzene rings is 1. The second-order valence-electron chi connectivity index (χ2n) is 5.96. The SMILES string of the molecule is CCOC(O)c1c(Br)c(COc2ccc(N3CCOCC3)cc2)nn1C. The van der Waals surface area contributed by atoms with Crippen LogP contribution in [0.25, 0.3) is 0 Å². The maximum atomic E-state index is 10.1. The lowest BCUT2D eigenvalue weighted by Gasteiger charge is -2.28. The number of morpholine rings is 1. The van der Waals surface area contributed by atoms with Crippen LogP contribution in [-0.4, -0.2) is 47.8 Å². The van der Waals surface area contributed by atoms with Gasteiger partial charge in [-0.05, 0) is 47.1 Å². The van der Waals surface area contributed by atoms with Gasteiger partial charge in [0.1, 0.15) is 23.7 Å². The quantitative estimate of drug-likeness (QED) is 0.687. The van der Waals surface area contributed by atoms with Crippen LogP contribution < -0.4 is 9.64 Å². The predicted molar refractivity (Wildman–Crippen MR) is 101 cm³/mol. The maximum absolute atomic E-state index is 10.1. The van der Waals surface area contributed by atoms with Crippen LogP contribution in [0.2, 0.25) is 0 Å². The van der Waals surface area contributed by atoms with Crippen LogP contribution in [0.4, 0.5) is 5.69 Å². The summed E-state index contributed by atoms with van der Waals surface area (Å²) in [5.41, 5.74) is 2.45. The minimum absolute atomic E-state index is 0.296. The number of aliphatic hydroxyl groups is 1. The molecule has 26 heavy (non-hydrogen) atoms. The summed E-state index contributed by atoms with van der Waals surface area (Å²) in [6.45, 7) is 5.89. The zero-order valence-electron chi connectivity index (χ0n) is 15.0. The lowest BCUT2D eigenvalue weighted by atomic mass is 10.2. The van der Waals surface area contributed by atoms with Crippen LogP contribution in [0.3, 0.4) is 0 Å². The molecular formula is C18H24BrN3O4. The molecule has 0 amide bonds. The Morgan fingerprint density at radius 3 is 2.62 bits per heavy atom. The fourth-order valence-electron chi connectivity index (χ4n) is 2.89. The molecule has 1 saturated heterocycles. The standard InChI is InChI=1S/C18H24BrN3O4/c1-3-25-18(23)17-16(19)15(20-21(17)2)12-26-14-6-4-13(5-7-14)22-8-10-24-11-9-22/h4-7,18,23H,3,8-12H2,1-2H3. The highest BCUT2D eigenvalue weighted by Gasteiger charge is 2.21. The Morgan fingerprint density at radius 1 is 1.27 bits per heavy atom. The lowest BCUT2D eigenvalue weighted by molar-refractivity contribution is -0.103. The second-order valence-corrected chi connectivity index (χ2v) is 6.75. The number of anilines is 1. The third-order valence-electron chi connectivity index (χ3n) is 4.24. The van der Waals surface area contributed by atoms with E-state index in [0.29, 0.717) is 29.1 Å². The largest absolute Gasteiger partial charge is 0.487 e. The van der Waals surface area contributed by atoms with Crippen LogP contribution in [0, 0.1) is 0 Å². The monoisotopic (exact) mass is 425 g/mol. The van der Waals surface area contributed by atoms with Gasteiger partial charge in [-0.15, -0.1) is 0 Å². The fraction of sp³-hybridized carbons (Fsp3) is 0.500. The average molecular weight is 426 g/mol. The number of aryl methyl sites for hydroxylation is 1. The summed E-state index contributed by atoms with van der Waals surface area (Å²) < 4.78 is 18.8. The molecule has 1 unspecified atom stereocenters. The number of aliphatic hydroxyl groups excluding tert-OH is 1. The van der Waals surface area contributed by atoms with E-state index < -0.39 is 6.29 Å². The van der Waals surface area contributed by atoms with Crippen LogP contribution in [0.5, 0.6) is 5.75 Å². The number of nitrogens with zero attached hydrogens (tertiary/aromatic N) is 3. The Morgan fingerprint density at radius 2 is 1.96 bits per heavy atom. The predicted octanol–water partition coefficient (Wildman–Crippen LogP) is 2.63. The van der Waals surface area contributed by atoms with Crippen molar-refractivity contribution >= 4 is 21.6 Å². The molecule has 1 fully saturated rings. The van der Waals surface area contributed by atoms with Crippen LogP contribution in [0.1, 0.15) is 24.6 Å². The summed E-state index contributed by atoms with van der Waals surface area (Å²) in [5, 5.41) is 14.5. The van der Waals surface area contributed by atoms with Gasteiger partial charge in [0.05, 0.1) is 17.7 Å². The molecule has 0 bridgehead atoms. The molecule has 1 atom stereocenters. The molecule has 0 spiro atoms. The van der Waals surface area contributed by atoms with Gasteiger partial charge in [0.25, 0.3) is 0 Å². The molecule has 1 aliphatic heterocycles. The highest BCUT2D eigenvalue weighted by Crippen LogP contribution is 2.28. The lowest BCUT2D eigenvalue weighted by Crippen LogP contribution is -2.36. The van der Waals surface area contributed by atoms with E-state index in [0.717, 1.165) is 32.1 Å². The van der Waals surface area contributed by atoms with Crippen molar-refractivity contribution in [1.82, 2.24) is 9.78 Å². The molecule has 142 valence electrons. The van der Waals surface area contributed by atoms with Crippen molar-refractivity contribution in [3.63, 3.8) is 0 Å². The minimum atomic E-state index is -1.02. The van der Waals surface area contributed by atoms with Crippen LogP contribution >= 0.6 is 15.9 Å². The molecule has 2 aromatic rings. The summed E-state index contributed by atoms with van der Waals surface area (Å²) in [4.78, 5) is 2.30. The number of ether oxygens (including phenoxy) is 3. The summed E-state index contributed by atoms with van der Waals surface area (Å²) in [6, 6.07) is 8.02. The molecule has 1 aromatic carbocycles. The zero-order chi connectivity index (χ0) is 18.5. The van der Waals surface area contributed by atoms with E-state index in [9.17, 15) is 5.11 Å². The first-order valence-corrected chi connectivity index (χ1v) is 9.46. The average Bonchev–Trinajstić information content (AvgIpc) is 2.95. The first-order valence-electron chi connectivity index (χ1n) is 8.66. The van der Waals surface area contributed by atoms with E-state index in [1.54, 1.807) is 11.7 Å². The normalized spacial score (nSPS) is 15.9. The summed E-state index contributed by atoms with van der Waals surface area (Å²) in [6.07, 6.45) is -1.02. The van der Waals surface area contributed by atoms with Crippen LogP contribution in [-0.2, 0) is 23.1 Å². The molecule has 1 aliphatic rings. The Bertz CT molecular complexity index is 714. The fourth-order valence-corrected chi connectivity index (χ4v) is 3.54.